The number of allylic oxidation sites excluding steroid dienone is 2. The third-order valence-corrected chi connectivity index (χ3v) is 4.87. The van der Waals surface area contributed by atoms with Crippen molar-refractivity contribution in [1.29, 1.82) is 0 Å². The van der Waals surface area contributed by atoms with Crippen LogP contribution in [0.2, 0.25) is 0 Å². The van der Waals surface area contributed by atoms with Crippen LogP contribution in [-0.4, -0.2) is 11.1 Å². The summed E-state index contributed by atoms with van der Waals surface area (Å²) in [4.78, 5) is 11.2. The molecule has 0 aliphatic heterocycles. The fourth-order valence-electron chi connectivity index (χ4n) is 3.38. The lowest BCUT2D eigenvalue weighted by Gasteiger charge is -2.18. The first-order chi connectivity index (χ1) is 12.2. The first-order valence-electron chi connectivity index (χ1n) is 8.71. The standard InChI is InChI=1S/C23H23FO2/c1-14-19(11-15-5-7-16(8-6-15)23(2,3)4)18-10-9-17(24)12-21(18)20(14)13-22(25)26/h5-12H,13H2,1-4H3,(H,25,26). The molecule has 26 heavy (non-hydrogen) atoms. The van der Waals surface area contributed by atoms with Gasteiger partial charge in [-0.05, 0) is 69.5 Å². The number of aliphatic carboxylic acids is 1. The molecule has 1 aliphatic carbocycles. The number of halogens is 1. The largest absolute Gasteiger partial charge is 0.481 e. The molecular formula is C23H23FO2. The number of benzene rings is 2. The van der Waals surface area contributed by atoms with Crippen molar-refractivity contribution in [2.75, 3.05) is 0 Å². The summed E-state index contributed by atoms with van der Waals surface area (Å²) in [6.07, 6.45) is 1.94. The summed E-state index contributed by atoms with van der Waals surface area (Å²) in [5.74, 6) is -1.26. The van der Waals surface area contributed by atoms with Crippen LogP contribution in [0.25, 0.3) is 17.2 Å². The Morgan fingerprint density at radius 1 is 1.08 bits per heavy atom. The van der Waals surface area contributed by atoms with E-state index in [9.17, 15) is 14.3 Å². The predicted molar refractivity (Wildman–Crippen MR) is 104 cm³/mol. The molecular weight excluding hydrogens is 327 g/mol. The van der Waals surface area contributed by atoms with Crippen LogP contribution >= 0.6 is 0 Å². The minimum absolute atomic E-state index is 0.0909. The molecule has 0 fully saturated rings. The Hall–Kier alpha value is -2.68. The highest BCUT2D eigenvalue weighted by molar-refractivity contribution is 6.07. The van der Waals surface area contributed by atoms with E-state index in [1.807, 2.05) is 13.0 Å². The van der Waals surface area contributed by atoms with Crippen LogP contribution in [0.3, 0.4) is 0 Å². The second-order valence-corrected chi connectivity index (χ2v) is 7.79. The Labute approximate surface area is 153 Å². The smallest absolute Gasteiger partial charge is 0.307 e. The molecule has 0 heterocycles. The van der Waals surface area contributed by atoms with Crippen LogP contribution in [0, 0.1) is 5.82 Å². The second-order valence-electron chi connectivity index (χ2n) is 7.79. The summed E-state index contributed by atoms with van der Waals surface area (Å²) in [7, 11) is 0. The second kappa shape index (κ2) is 6.56. The Bertz CT molecular complexity index is 926. The minimum atomic E-state index is -0.912. The van der Waals surface area contributed by atoms with Crippen LogP contribution in [0.4, 0.5) is 4.39 Å². The predicted octanol–water partition coefficient (Wildman–Crippen LogP) is 5.93. The number of carbonyl (C=O) groups is 1. The van der Waals surface area contributed by atoms with E-state index in [4.69, 9.17) is 0 Å². The molecule has 3 heteroatoms. The fourth-order valence-corrected chi connectivity index (χ4v) is 3.38. The molecule has 0 saturated carbocycles. The van der Waals surface area contributed by atoms with E-state index < -0.39 is 5.97 Å². The summed E-state index contributed by atoms with van der Waals surface area (Å²) in [6.45, 7) is 8.43. The zero-order valence-corrected chi connectivity index (χ0v) is 15.6. The highest BCUT2D eigenvalue weighted by Gasteiger charge is 2.25. The molecule has 2 aromatic carbocycles. The van der Waals surface area contributed by atoms with Crippen molar-refractivity contribution in [3.8, 4) is 0 Å². The normalized spacial score (nSPS) is 15.5. The van der Waals surface area contributed by atoms with Gasteiger partial charge in [0.2, 0.25) is 0 Å². The van der Waals surface area contributed by atoms with Crippen molar-refractivity contribution in [2.45, 2.75) is 39.5 Å². The van der Waals surface area contributed by atoms with Crippen molar-refractivity contribution >= 4 is 23.2 Å². The molecule has 0 atom stereocenters. The molecule has 2 aromatic rings. The van der Waals surface area contributed by atoms with E-state index in [0.717, 1.165) is 22.3 Å². The summed E-state index contributed by atoms with van der Waals surface area (Å²) in [6, 6.07) is 13.0. The first-order valence-corrected chi connectivity index (χ1v) is 8.71. The molecule has 0 bridgehead atoms. The number of hydrogen-bond donors (Lipinski definition) is 1. The topological polar surface area (TPSA) is 37.3 Å². The highest BCUT2D eigenvalue weighted by atomic mass is 19.1. The highest BCUT2D eigenvalue weighted by Crippen LogP contribution is 2.43. The van der Waals surface area contributed by atoms with E-state index in [2.05, 4.69) is 45.0 Å². The Morgan fingerprint density at radius 2 is 1.73 bits per heavy atom. The van der Waals surface area contributed by atoms with E-state index >= 15 is 0 Å². The summed E-state index contributed by atoms with van der Waals surface area (Å²) < 4.78 is 13.7. The van der Waals surface area contributed by atoms with E-state index in [0.29, 0.717) is 11.1 Å². The van der Waals surface area contributed by atoms with Gasteiger partial charge in [-0.1, -0.05) is 51.1 Å². The maximum atomic E-state index is 13.7. The SMILES string of the molecule is CC1=C(CC(=O)O)c2cc(F)ccc2C1=Cc1ccc(C(C)(C)C)cc1. The molecule has 0 aromatic heterocycles. The van der Waals surface area contributed by atoms with Gasteiger partial charge < -0.3 is 5.11 Å². The third kappa shape index (κ3) is 3.48. The maximum absolute atomic E-state index is 13.7. The molecule has 3 rings (SSSR count). The Morgan fingerprint density at radius 3 is 2.31 bits per heavy atom. The lowest BCUT2D eigenvalue weighted by atomic mass is 9.86. The number of fused-ring (bicyclic) bond motifs is 1. The van der Waals surface area contributed by atoms with Gasteiger partial charge in [0.05, 0.1) is 6.42 Å². The van der Waals surface area contributed by atoms with Crippen LogP contribution in [0.1, 0.15) is 56.4 Å². The van der Waals surface area contributed by atoms with Crippen molar-refractivity contribution in [3.05, 3.63) is 76.1 Å². The molecule has 0 unspecified atom stereocenters. The molecule has 0 radical (unpaired) electrons. The van der Waals surface area contributed by atoms with E-state index in [1.54, 1.807) is 6.07 Å². The van der Waals surface area contributed by atoms with Gasteiger partial charge in [-0.3, -0.25) is 4.79 Å². The van der Waals surface area contributed by atoms with E-state index in [1.165, 1.54) is 17.7 Å². The lowest BCUT2D eigenvalue weighted by molar-refractivity contribution is -0.135. The van der Waals surface area contributed by atoms with Gasteiger partial charge in [0.25, 0.3) is 0 Å². The average molecular weight is 350 g/mol. The van der Waals surface area contributed by atoms with Crippen molar-refractivity contribution < 1.29 is 14.3 Å². The lowest BCUT2D eigenvalue weighted by Crippen LogP contribution is -2.10. The number of hydrogen-bond acceptors (Lipinski definition) is 1. The summed E-state index contributed by atoms with van der Waals surface area (Å²) >= 11 is 0. The number of carboxylic acid groups (broad SMARTS) is 1. The Balaban J connectivity index is 2.08. The van der Waals surface area contributed by atoms with Crippen molar-refractivity contribution in [3.63, 3.8) is 0 Å². The average Bonchev–Trinajstić information content (AvgIpc) is 2.79. The molecule has 0 saturated heterocycles. The fraction of sp³-hybridized carbons (Fsp3) is 0.261. The molecule has 0 spiro atoms. The van der Waals surface area contributed by atoms with Crippen molar-refractivity contribution in [2.24, 2.45) is 0 Å². The quantitative estimate of drug-likeness (QED) is 0.745. The van der Waals surface area contributed by atoms with Crippen LogP contribution in [0.15, 0.2) is 48.0 Å². The van der Waals surface area contributed by atoms with Gasteiger partial charge in [-0.15, -0.1) is 0 Å². The third-order valence-electron chi connectivity index (χ3n) is 4.87. The molecule has 0 amide bonds. The summed E-state index contributed by atoms with van der Waals surface area (Å²) in [5.41, 5.74) is 6.50. The number of rotatable bonds is 3. The molecule has 1 aliphatic rings. The number of carboxylic acids is 1. The van der Waals surface area contributed by atoms with Crippen LogP contribution in [-0.2, 0) is 10.2 Å². The summed E-state index contributed by atoms with van der Waals surface area (Å²) in [5, 5.41) is 9.22. The molecule has 1 N–H and O–H groups in total. The van der Waals surface area contributed by atoms with Gasteiger partial charge in [0.15, 0.2) is 0 Å². The zero-order chi connectivity index (χ0) is 19.1. The minimum Gasteiger partial charge on any atom is -0.481 e. The van der Waals surface area contributed by atoms with Crippen molar-refractivity contribution in [1.82, 2.24) is 0 Å². The van der Waals surface area contributed by atoms with Gasteiger partial charge in [0.1, 0.15) is 5.82 Å². The monoisotopic (exact) mass is 350 g/mol. The van der Waals surface area contributed by atoms with Gasteiger partial charge >= 0.3 is 5.97 Å². The Kier molecular flexibility index (Phi) is 4.57. The maximum Gasteiger partial charge on any atom is 0.307 e. The molecule has 2 nitrogen and oxygen atoms in total. The van der Waals surface area contributed by atoms with Gasteiger partial charge in [-0.2, -0.15) is 0 Å². The zero-order valence-electron chi connectivity index (χ0n) is 15.6. The first kappa shape index (κ1) is 18.1. The van der Waals surface area contributed by atoms with Crippen LogP contribution < -0.4 is 0 Å². The molecule has 134 valence electrons. The van der Waals surface area contributed by atoms with Crippen LogP contribution in [0.5, 0.6) is 0 Å². The van der Waals surface area contributed by atoms with E-state index in [-0.39, 0.29) is 17.7 Å². The van der Waals surface area contributed by atoms with Gasteiger partial charge in [0, 0.05) is 0 Å². The van der Waals surface area contributed by atoms with Gasteiger partial charge in [-0.25, -0.2) is 4.39 Å².